The molecule has 1 aliphatic heterocycles. The highest BCUT2D eigenvalue weighted by Gasteiger charge is 2.17. The molecule has 1 atom stereocenters. The van der Waals surface area contributed by atoms with Gasteiger partial charge in [-0.05, 0) is 82.1 Å². The molecule has 2 N–H and O–H groups in total. The van der Waals surface area contributed by atoms with Gasteiger partial charge in [0, 0.05) is 29.0 Å². The third-order valence-electron chi connectivity index (χ3n) is 4.47. The van der Waals surface area contributed by atoms with E-state index in [2.05, 4.69) is 10.6 Å². The Morgan fingerprint density at radius 2 is 1.62 bits per heavy atom. The summed E-state index contributed by atoms with van der Waals surface area (Å²) in [6.07, 6.45) is 2.26. The number of ether oxygens (including phenoxy) is 2. The van der Waals surface area contributed by atoms with Crippen molar-refractivity contribution in [1.29, 1.82) is 0 Å². The van der Waals surface area contributed by atoms with Crippen molar-refractivity contribution < 1.29 is 19.1 Å². The molecule has 0 radical (unpaired) electrons. The van der Waals surface area contributed by atoms with E-state index in [9.17, 15) is 9.59 Å². The van der Waals surface area contributed by atoms with Gasteiger partial charge in [-0.2, -0.15) is 0 Å². The number of hydrogen-bond donors (Lipinski definition) is 2. The lowest BCUT2D eigenvalue weighted by atomic mass is 10.1. The van der Waals surface area contributed by atoms with E-state index in [1.165, 1.54) is 0 Å². The second-order valence-corrected chi connectivity index (χ2v) is 8.21. The highest BCUT2D eigenvalue weighted by molar-refractivity contribution is 6.04. The van der Waals surface area contributed by atoms with E-state index in [4.69, 9.17) is 9.47 Å². The molecule has 29 heavy (non-hydrogen) atoms. The summed E-state index contributed by atoms with van der Waals surface area (Å²) in [5.41, 5.74) is 1.40. The molecule has 2 amide bonds. The molecule has 154 valence electrons. The summed E-state index contributed by atoms with van der Waals surface area (Å²) in [6.45, 7) is 7.12. The van der Waals surface area contributed by atoms with E-state index < -0.39 is 0 Å². The smallest absolute Gasteiger partial charge is 0.255 e. The van der Waals surface area contributed by atoms with Crippen LogP contribution in [0.1, 0.15) is 54.3 Å². The Morgan fingerprint density at radius 3 is 2.21 bits per heavy atom. The van der Waals surface area contributed by atoms with E-state index >= 15 is 0 Å². The van der Waals surface area contributed by atoms with Gasteiger partial charge in [-0.25, -0.2) is 0 Å². The van der Waals surface area contributed by atoms with Crippen LogP contribution >= 0.6 is 0 Å². The molecule has 2 aromatic rings. The van der Waals surface area contributed by atoms with Gasteiger partial charge in [0.05, 0.1) is 6.10 Å². The maximum absolute atomic E-state index is 12.4. The number of amides is 2. The van der Waals surface area contributed by atoms with E-state index in [0.717, 1.165) is 19.4 Å². The third-order valence-corrected chi connectivity index (χ3v) is 4.47. The van der Waals surface area contributed by atoms with Crippen molar-refractivity contribution in [3.63, 3.8) is 0 Å². The van der Waals surface area contributed by atoms with Crippen LogP contribution in [0.5, 0.6) is 5.75 Å². The van der Waals surface area contributed by atoms with Gasteiger partial charge in [0.2, 0.25) is 0 Å². The molecule has 0 bridgehead atoms. The lowest BCUT2D eigenvalue weighted by molar-refractivity contribution is 0.0679. The number of benzene rings is 2. The van der Waals surface area contributed by atoms with Crippen LogP contribution in [0.4, 0.5) is 5.69 Å². The maximum atomic E-state index is 12.4. The molecule has 0 spiro atoms. The molecule has 3 rings (SSSR count). The van der Waals surface area contributed by atoms with Crippen LogP contribution in [0.2, 0.25) is 0 Å². The zero-order chi connectivity index (χ0) is 20.9. The van der Waals surface area contributed by atoms with E-state index in [1.54, 1.807) is 48.5 Å². The average molecular weight is 396 g/mol. The van der Waals surface area contributed by atoms with Crippen LogP contribution in [0.15, 0.2) is 48.5 Å². The van der Waals surface area contributed by atoms with Gasteiger partial charge >= 0.3 is 0 Å². The third kappa shape index (κ3) is 6.32. The van der Waals surface area contributed by atoms with Crippen LogP contribution < -0.4 is 15.4 Å². The van der Waals surface area contributed by atoms with E-state index in [1.807, 2.05) is 20.8 Å². The van der Waals surface area contributed by atoms with Crippen LogP contribution in [-0.4, -0.2) is 36.7 Å². The summed E-state index contributed by atoms with van der Waals surface area (Å²) in [5, 5.41) is 5.75. The predicted octanol–water partition coefficient (Wildman–Crippen LogP) is 4.03. The lowest BCUT2D eigenvalue weighted by Crippen LogP contribution is -2.40. The average Bonchev–Trinajstić information content (AvgIpc) is 3.19. The topological polar surface area (TPSA) is 76.7 Å². The highest BCUT2D eigenvalue weighted by Crippen LogP contribution is 2.18. The molecule has 2 aromatic carbocycles. The summed E-state index contributed by atoms with van der Waals surface area (Å²) in [5.74, 6) is 0.350. The van der Waals surface area contributed by atoms with Gasteiger partial charge in [-0.1, -0.05) is 0 Å². The normalized spacial score (nSPS) is 16.3. The molecule has 1 saturated heterocycles. The van der Waals surface area contributed by atoms with Crippen LogP contribution in [0.3, 0.4) is 0 Å². The monoisotopic (exact) mass is 396 g/mol. The Morgan fingerprint density at radius 1 is 1.00 bits per heavy atom. The van der Waals surface area contributed by atoms with Crippen molar-refractivity contribution in [2.24, 2.45) is 0 Å². The molecular formula is C23H28N2O4. The van der Waals surface area contributed by atoms with E-state index in [0.29, 0.717) is 29.2 Å². The molecule has 6 heteroatoms. The van der Waals surface area contributed by atoms with Crippen LogP contribution in [-0.2, 0) is 4.74 Å². The van der Waals surface area contributed by atoms with Crippen LogP contribution in [0, 0.1) is 0 Å². The largest absolute Gasteiger partial charge is 0.491 e. The molecular weight excluding hydrogens is 368 g/mol. The SMILES string of the molecule is CC(C)(C)NC(=O)c1ccc(NC(=O)c2ccc(OCC3CCCO3)cc2)cc1. The Labute approximate surface area is 171 Å². The maximum Gasteiger partial charge on any atom is 0.255 e. The molecule has 0 saturated carbocycles. The van der Waals surface area contributed by atoms with Crippen molar-refractivity contribution in [3.8, 4) is 5.75 Å². The summed E-state index contributed by atoms with van der Waals surface area (Å²) in [6, 6.07) is 13.8. The molecule has 1 heterocycles. The Kier molecular flexibility index (Phi) is 6.54. The van der Waals surface area contributed by atoms with Gasteiger partial charge in [0.25, 0.3) is 11.8 Å². The number of carbonyl (C=O) groups is 2. The van der Waals surface area contributed by atoms with Crippen LogP contribution in [0.25, 0.3) is 0 Å². The fourth-order valence-electron chi connectivity index (χ4n) is 2.99. The number of carbonyl (C=O) groups excluding carboxylic acids is 2. The fourth-order valence-corrected chi connectivity index (χ4v) is 2.99. The van der Waals surface area contributed by atoms with Crippen molar-refractivity contribution in [3.05, 3.63) is 59.7 Å². The molecule has 1 fully saturated rings. The predicted molar refractivity (Wildman–Crippen MR) is 113 cm³/mol. The van der Waals surface area contributed by atoms with Crippen molar-refractivity contribution in [2.45, 2.75) is 45.3 Å². The van der Waals surface area contributed by atoms with Gasteiger partial charge in [-0.15, -0.1) is 0 Å². The minimum Gasteiger partial charge on any atom is -0.491 e. The Balaban J connectivity index is 1.53. The fraction of sp³-hybridized carbons (Fsp3) is 0.391. The van der Waals surface area contributed by atoms with Gasteiger partial charge in [-0.3, -0.25) is 9.59 Å². The summed E-state index contributed by atoms with van der Waals surface area (Å²) < 4.78 is 11.3. The quantitative estimate of drug-likeness (QED) is 0.773. The number of hydrogen-bond acceptors (Lipinski definition) is 4. The van der Waals surface area contributed by atoms with E-state index in [-0.39, 0.29) is 23.5 Å². The molecule has 1 unspecified atom stereocenters. The zero-order valence-corrected chi connectivity index (χ0v) is 17.2. The first-order valence-electron chi connectivity index (χ1n) is 9.88. The first-order chi connectivity index (χ1) is 13.8. The summed E-state index contributed by atoms with van der Waals surface area (Å²) in [7, 11) is 0. The second-order valence-electron chi connectivity index (χ2n) is 8.21. The van der Waals surface area contributed by atoms with Gasteiger partial charge in [0.1, 0.15) is 12.4 Å². The number of rotatable bonds is 6. The molecule has 6 nitrogen and oxygen atoms in total. The second kappa shape index (κ2) is 9.09. The highest BCUT2D eigenvalue weighted by atomic mass is 16.5. The van der Waals surface area contributed by atoms with Crippen molar-refractivity contribution >= 4 is 17.5 Å². The van der Waals surface area contributed by atoms with Gasteiger partial charge < -0.3 is 20.1 Å². The summed E-state index contributed by atoms with van der Waals surface area (Å²) in [4.78, 5) is 24.6. The minimum atomic E-state index is -0.302. The van der Waals surface area contributed by atoms with Crippen molar-refractivity contribution in [2.75, 3.05) is 18.5 Å². The molecule has 0 aliphatic carbocycles. The Hall–Kier alpha value is -2.86. The standard InChI is InChI=1S/C23H28N2O4/c1-23(2,3)25-22(27)17-6-10-18(11-7-17)24-21(26)16-8-12-19(13-9-16)29-15-20-5-4-14-28-20/h6-13,20H,4-5,14-15H2,1-3H3,(H,24,26)(H,25,27). The van der Waals surface area contributed by atoms with Gasteiger partial charge in [0.15, 0.2) is 0 Å². The Bertz CT molecular complexity index is 833. The first kappa shape index (κ1) is 20.9. The van der Waals surface area contributed by atoms with Crippen molar-refractivity contribution in [1.82, 2.24) is 5.32 Å². The number of nitrogens with one attached hydrogen (secondary N) is 2. The first-order valence-corrected chi connectivity index (χ1v) is 9.88. The zero-order valence-electron chi connectivity index (χ0n) is 17.2. The lowest BCUT2D eigenvalue weighted by Gasteiger charge is -2.20. The minimum absolute atomic E-state index is 0.144. The molecule has 0 aromatic heterocycles. The number of anilines is 1. The summed E-state index contributed by atoms with van der Waals surface area (Å²) >= 11 is 0. The molecule has 1 aliphatic rings.